The van der Waals surface area contributed by atoms with E-state index in [0.717, 1.165) is 44.5 Å². The van der Waals surface area contributed by atoms with Crippen LogP contribution in [0.5, 0.6) is 0 Å². The lowest BCUT2D eigenvalue weighted by Crippen LogP contribution is -2.43. The van der Waals surface area contributed by atoms with Crippen LogP contribution in [0.15, 0.2) is 18.3 Å². The van der Waals surface area contributed by atoms with Gasteiger partial charge in [0.15, 0.2) is 0 Å². The summed E-state index contributed by atoms with van der Waals surface area (Å²) in [6, 6.07) is 4.81. The normalized spacial score (nSPS) is 24.9. The van der Waals surface area contributed by atoms with Gasteiger partial charge in [-0.05, 0) is 44.0 Å². The van der Waals surface area contributed by atoms with Crippen molar-refractivity contribution in [3.63, 3.8) is 0 Å². The second kappa shape index (κ2) is 7.12. The number of nitrogens with one attached hydrogen (secondary N) is 1. The number of ether oxygens (including phenoxy) is 1. The molecule has 3 rings (SSSR count). The SMILES string of the molecule is C#C[C@@H]1C[C@H]1NC1CCN(Cc2ccc(C(=O)OC)nc2)CC1. The predicted molar refractivity (Wildman–Crippen MR) is 87.7 cm³/mol. The predicted octanol–water partition coefficient (Wildman–Crippen LogP) is 1.44. The lowest BCUT2D eigenvalue weighted by molar-refractivity contribution is 0.0594. The van der Waals surface area contributed by atoms with E-state index in [0.29, 0.717) is 23.7 Å². The number of carbonyl (C=O) groups is 1. The molecule has 2 atom stereocenters. The largest absolute Gasteiger partial charge is 0.464 e. The van der Waals surface area contributed by atoms with Crippen molar-refractivity contribution < 1.29 is 9.53 Å². The molecule has 0 amide bonds. The number of likely N-dealkylation sites (tertiary alicyclic amines) is 1. The number of hydrogen-bond acceptors (Lipinski definition) is 5. The molecule has 5 heteroatoms. The zero-order chi connectivity index (χ0) is 16.2. The van der Waals surface area contributed by atoms with Crippen molar-refractivity contribution in [2.45, 2.75) is 37.9 Å². The Morgan fingerprint density at radius 1 is 1.48 bits per heavy atom. The first kappa shape index (κ1) is 16.0. The van der Waals surface area contributed by atoms with Gasteiger partial charge in [0, 0.05) is 30.7 Å². The molecule has 5 nitrogen and oxygen atoms in total. The molecule has 1 aromatic rings. The van der Waals surface area contributed by atoms with Crippen LogP contribution in [0, 0.1) is 18.3 Å². The third-order valence-corrected chi connectivity index (χ3v) is 4.67. The van der Waals surface area contributed by atoms with E-state index in [4.69, 9.17) is 6.42 Å². The van der Waals surface area contributed by atoms with E-state index in [1.807, 2.05) is 6.07 Å². The molecule has 2 fully saturated rings. The fourth-order valence-electron chi connectivity index (χ4n) is 3.13. The molecular weight excluding hydrogens is 290 g/mol. The Balaban J connectivity index is 1.43. The van der Waals surface area contributed by atoms with E-state index in [2.05, 4.69) is 25.9 Å². The maximum absolute atomic E-state index is 11.4. The van der Waals surface area contributed by atoms with Crippen molar-refractivity contribution in [1.29, 1.82) is 0 Å². The lowest BCUT2D eigenvalue weighted by atomic mass is 10.0. The summed E-state index contributed by atoms with van der Waals surface area (Å²) < 4.78 is 4.66. The first-order valence-electron chi connectivity index (χ1n) is 8.17. The topological polar surface area (TPSA) is 54.5 Å². The molecule has 122 valence electrons. The van der Waals surface area contributed by atoms with E-state index in [-0.39, 0.29) is 0 Å². The lowest BCUT2D eigenvalue weighted by Gasteiger charge is -2.32. The second-order valence-corrected chi connectivity index (χ2v) is 6.38. The van der Waals surface area contributed by atoms with E-state index >= 15 is 0 Å². The molecule has 23 heavy (non-hydrogen) atoms. The highest BCUT2D eigenvalue weighted by Gasteiger charge is 2.37. The van der Waals surface area contributed by atoms with E-state index in [1.54, 1.807) is 12.3 Å². The number of piperidine rings is 1. The molecule has 2 heterocycles. The van der Waals surface area contributed by atoms with Crippen LogP contribution < -0.4 is 5.32 Å². The summed E-state index contributed by atoms with van der Waals surface area (Å²) in [6.45, 7) is 3.02. The van der Waals surface area contributed by atoms with E-state index in [9.17, 15) is 4.79 Å². The van der Waals surface area contributed by atoms with Crippen LogP contribution in [0.4, 0.5) is 0 Å². The van der Waals surface area contributed by atoms with Gasteiger partial charge in [-0.15, -0.1) is 12.3 Å². The minimum atomic E-state index is -0.395. The second-order valence-electron chi connectivity index (χ2n) is 6.38. The smallest absolute Gasteiger partial charge is 0.356 e. The molecular formula is C18H23N3O2. The molecule has 1 saturated carbocycles. The molecule has 0 radical (unpaired) electrons. The molecule has 2 aliphatic rings. The van der Waals surface area contributed by atoms with Gasteiger partial charge in [0.25, 0.3) is 0 Å². The molecule has 1 aliphatic heterocycles. The van der Waals surface area contributed by atoms with Gasteiger partial charge in [0.05, 0.1) is 7.11 Å². The number of aromatic nitrogens is 1. The number of methoxy groups -OCH3 is 1. The van der Waals surface area contributed by atoms with Crippen LogP contribution in [-0.2, 0) is 11.3 Å². The van der Waals surface area contributed by atoms with Gasteiger partial charge < -0.3 is 10.1 Å². The van der Waals surface area contributed by atoms with Crippen LogP contribution in [-0.4, -0.2) is 48.1 Å². The molecule has 1 aliphatic carbocycles. The first-order valence-corrected chi connectivity index (χ1v) is 8.17. The standard InChI is InChI=1S/C18H23N3O2/c1-3-14-10-17(14)20-15-6-8-21(9-7-15)12-13-4-5-16(19-11-13)18(22)23-2/h1,4-5,11,14-15,17,20H,6-10,12H2,2H3/t14-,17-/m1/s1. The van der Waals surface area contributed by atoms with Crippen LogP contribution >= 0.6 is 0 Å². The molecule has 0 aromatic carbocycles. The summed E-state index contributed by atoms with van der Waals surface area (Å²) in [4.78, 5) is 18.0. The van der Waals surface area contributed by atoms with Gasteiger partial charge in [0.2, 0.25) is 0 Å². The minimum absolute atomic E-state index is 0.353. The van der Waals surface area contributed by atoms with Gasteiger partial charge in [-0.2, -0.15) is 0 Å². The number of terminal acetylenes is 1. The molecule has 1 aromatic heterocycles. The fraction of sp³-hybridized carbons (Fsp3) is 0.556. The number of esters is 1. The summed E-state index contributed by atoms with van der Waals surface area (Å²) in [7, 11) is 1.36. The average Bonchev–Trinajstić information content (AvgIpc) is 3.35. The van der Waals surface area contributed by atoms with Gasteiger partial charge >= 0.3 is 5.97 Å². The summed E-state index contributed by atoms with van der Waals surface area (Å²) in [5.41, 5.74) is 1.48. The quantitative estimate of drug-likeness (QED) is 0.658. The van der Waals surface area contributed by atoms with E-state index < -0.39 is 5.97 Å². The van der Waals surface area contributed by atoms with Crippen molar-refractivity contribution in [2.24, 2.45) is 5.92 Å². The van der Waals surface area contributed by atoms with Crippen LogP contribution in [0.3, 0.4) is 0 Å². The fourth-order valence-corrected chi connectivity index (χ4v) is 3.13. The highest BCUT2D eigenvalue weighted by atomic mass is 16.5. The van der Waals surface area contributed by atoms with Gasteiger partial charge in [-0.3, -0.25) is 4.90 Å². The Morgan fingerprint density at radius 2 is 2.26 bits per heavy atom. The maximum Gasteiger partial charge on any atom is 0.356 e. The summed E-state index contributed by atoms with van der Waals surface area (Å²) >= 11 is 0. The number of pyridine rings is 1. The number of nitrogens with zero attached hydrogens (tertiary/aromatic N) is 2. The van der Waals surface area contributed by atoms with Crippen molar-refractivity contribution in [2.75, 3.05) is 20.2 Å². The molecule has 1 saturated heterocycles. The zero-order valence-electron chi connectivity index (χ0n) is 13.5. The van der Waals surface area contributed by atoms with Crippen molar-refractivity contribution >= 4 is 5.97 Å². The van der Waals surface area contributed by atoms with E-state index in [1.165, 1.54) is 7.11 Å². The minimum Gasteiger partial charge on any atom is -0.464 e. The van der Waals surface area contributed by atoms with Gasteiger partial charge in [-0.1, -0.05) is 6.07 Å². The summed E-state index contributed by atoms with van der Waals surface area (Å²) in [6.07, 6.45) is 10.6. The maximum atomic E-state index is 11.4. The average molecular weight is 313 g/mol. The molecule has 0 unspecified atom stereocenters. The number of carbonyl (C=O) groups excluding carboxylic acids is 1. The number of hydrogen-bond donors (Lipinski definition) is 1. The third-order valence-electron chi connectivity index (χ3n) is 4.67. The molecule has 0 bridgehead atoms. The Hall–Kier alpha value is -1.90. The van der Waals surface area contributed by atoms with Crippen LogP contribution in [0.2, 0.25) is 0 Å². The van der Waals surface area contributed by atoms with Crippen molar-refractivity contribution in [3.8, 4) is 12.3 Å². The third kappa shape index (κ3) is 4.10. The van der Waals surface area contributed by atoms with Crippen molar-refractivity contribution in [1.82, 2.24) is 15.2 Å². The monoisotopic (exact) mass is 313 g/mol. The molecule has 0 spiro atoms. The van der Waals surface area contributed by atoms with Crippen LogP contribution in [0.25, 0.3) is 0 Å². The Kier molecular flexibility index (Phi) is 4.94. The highest BCUT2D eigenvalue weighted by Crippen LogP contribution is 2.30. The Labute approximate surface area is 137 Å². The Morgan fingerprint density at radius 3 is 2.83 bits per heavy atom. The molecule has 1 N–H and O–H groups in total. The van der Waals surface area contributed by atoms with Gasteiger partial charge in [-0.25, -0.2) is 9.78 Å². The Bertz CT molecular complexity index is 585. The van der Waals surface area contributed by atoms with Crippen LogP contribution in [0.1, 0.15) is 35.3 Å². The summed E-state index contributed by atoms with van der Waals surface area (Å²) in [5, 5.41) is 3.67. The summed E-state index contributed by atoms with van der Waals surface area (Å²) in [5.74, 6) is 2.88. The first-order chi connectivity index (χ1) is 11.2. The van der Waals surface area contributed by atoms with Gasteiger partial charge in [0.1, 0.15) is 5.69 Å². The zero-order valence-corrected chi connectivity index (χ0v) is 13.5. The highest BCUT2D eigenvalue weighted by molar-refractivity contribution is 5.86. The number of rotatable bonds is 5. The van der Waals surface area contributed by atoms with Crippen molar-refractivity contribution in [3.05, 3.63) is 29.6 Å².